The first-order valence-electron chi connectivity index (χ1n) is 9.74. The maximum absolute atomic E-state index is 12.5. The molecule has 2 rings (SSSR count). The largest absolute Gasteiger partial charge is 0.353 e. The van der Waals surface area contributed by atoms with Crippen LogP contribution >= 0.6 is 0 Å². The SMILES string of the molecule is CCCCCCC(C)NC(=O)C1CC(=O)N(c2ccc(CC)cc2)C1. The molecule has 0 bridgehead atoms. The number of hydrogen-bond acceptors (Lipinski definition) is 2. The van der Waals surface area contributed by atoms with E-state index < -0.39 is 0 Å². The molecule has 0 aliphatic carbocycles. The van der Waals surface area contributed by atoms with Crippen LogP contribution in [0.3, 0.4) is 0 Å². The average Bonchev–Trinajstić information content (AvgIpc) is 3.01. The minimum absolute atomic E-state index is 0.0176. The summed E-state index contributed by atoms with van der Waals surface area (Å²) in [7, 11) is 0. The molecular formula is C21H32N2O2. The smallest absolute Gasteiger partial charge is 0.227 e. The lowest BCUT2D eigenvalue weighted by Gasteiger charge is -2.19. The third kappa shape index (κ3) is 5.58. The highest BCUT2D eigenvalue weighted by Crippen LogP contribution is 2.25. The van der Waals surface area contributed by atoms with Gasteiger partial charge in [-0.3, -0.25) is 9.59 Å². The Hall–Kier alpha value is -1.84. The van der Waals surface area contributed by atoms with Crippen molar-refractivity contribution < 1.29 is 9.59 Å². The van der Waals surface area contributed by atoms with Crippen molar-refractivity contribution in [1.82, 2.24) is 5.32 Å². The van der Waals surface area contributed by atoms with Gasteiger partial charge in [0.2, 0.25) is 11.8 Å². The summed E-state index contributed by atoms with van der Waals surface area (Å²) in [5, 5.41) is 3.09. The highest BCUT2D eigenvalue weighted by Gasteiger charge is 2.35. The summed E-state index contributed by atoms with van der Waals surface area (Å²) < 4.78 is 0. The summed E-state index contributed by atoms with van der Waals surface area (Å²) in [4.78, 5) is 26.5. The molecule has 1 saturated heterocycles. The minimum atomic E-state index is -0.239. The van der Waals surface area contributed by atoms with Gasteiger partial charge in [-0.1, -0.05) is 51.7 Å². The summed E-state index contributed by atoms with van der Waals surface area (Å²) in [6.45, 7) is 6.85. The van der Waals surface area contributed by atoms with Crippen LogP contribution in [0.2, 0.25) is 0 Å². The number of carbonyl (C=O) groups excluding carboxylic acids is 2. The van der Waals surface area contributed by atoms with Gasteiger partial charge in [0.15, 0.2) is 0 Å². The summed E-state index contributed by atoms with van der Waals surface area (Å²) in [6, 6.07) is 8.24. The Morgan fingerprint density at radius 2 is 1.92 bits per heavy atom. The molecule has 2 unspecified atom stereocenters. The second-order valence-electron chi connectivity index (χ2n) is 7.18. The van der Waals surface area contributed by atoms with Crippen LogP contribution in [0.15, 0.2) is 24.3 Å². The van der Waals surface area contributed by atoms with Crippen molar-refractivity contribution in [3.05, 3.63) is 29.8 Å². The van der Waals surface area contributed by atoms with E-state index in [1.807, 2.05) is 24.3 Å². The van der Waals surface area contributed by atoms with E-state index in [-0.39, 0.29) is 23.8 Å². The van der Waals surface area contributed by atoms with Crippen molar-refractivity contribution in [1.29, 1.82) is 0 Å². The summed E-state index contributed by atoms with van der Waals surface area (Å²) in [5.41, 5.74) is 2.15. The van der Waals surface area contributed by atoms with Gasteiger partial charge in [0.05, 0.1) is 5.92 Å². The van der Waals surface area contributed by atoms with E-state index in [0.29, 0.717) is 13.0 Å². The second-order valence-corrected chi connectivity index (χ2v) is 7.18. The molecule has 25 heavy (non-hydrogen) atoms. The topological polar surface area (TPSA) is 49.4 Å². The molecule has 1 aromatic rings. The van der Waals surface area contributed by atoms with E-state index in [4.69, 9.17) is 0 Å². The lowest BCUT2D eigenvalue weighted by atomic mass is 10.1. The molecule has 0 spiro atoms. The number of amides is 2. The van der Waals surface area contributed by atoms with Crippen LogP contribution in [0.1, 0.15) is 64.9 Å². The molecule has 1 aliphatic rings. The molecule has 1 fully saturated rings. The summed E-state index contributed by atoms with van der Waals surface area (Å²) >= 11 is 0. The summed E-state index contributed by atoms with van der Waals surface area (Å²) in [5.74, 6) is -0.180. The minimum Gasteiger partial charge on any atom is -0.353 e. The van der Waals surface area contributed by atoms with Crippen molar-refractivity contribution >= 4 is 17.5 Å². The van der Waals surface area contributed by atoms with Crippen LogP contribution in [-0.2, 0) is 16.0 Å². The highest BCUT2D eigenvalue weighted by atomic mass is 16.2. The number of carbonyl (C=O) groups is 2. The molecule has 4 nitrogen and oxygen atoms in total. The third-order valence-electron chi connectivity index (χ3n) is 5.03. The number of unbranched alkanes of at least 4 members (excludes halogenated alkanes) is 3. The lowest BCUT2D eigenvalue weighted by Crippen LogP contribution is -2.38. The molecule has 0 radical (unpaired) electrons. The van der Waals surface area contributed by atoms with Crippen LogP contribution in [0.25, 0.3) is 0 Å². The fourth-order valence-corrected chi connectivity index (χ4v) is 3.35. The number of nitrogens with one attached hydrogen (secondary N) is 1. The first-order valence-corrected chi connectivity index (χ1v) is 9.74. The quantitative estimate of drug-likeness (QED) is 0.686. The van der Waals surface area contributed by atoms with Gasteiger partial charge < -0.3 is 10.2 Å². The average molecular weight is 344 g/mol. The number of aryl methyl sites for hydroxylation is 1. The van der Waals surface area contributed by atoms with Gasteiger partial charge in [0, 0.05) is 24.7 Å². The molecule has 138 valence electrons. The predicted octanol–water partition coefficient (Wildman–Crippen LogP) is 4.08. The van der Waals surface area contributed by atoms with Gasteiger partial charge >= 0.3 is 0 Å². The Morgan fingerprint density at radius 3 is 2.56 bits per heavy atom. The molecule has 2 atom stereocenters. The second kappa shape index (κ2) is 9.59. The highest BCUT2D eigenvalue weighted by molar-refractivity contribution is 6.00. The molecule has 2 amide bonds. The van der Waals surface area contributed by atoms with Gasteiger partial charge in [-0.2, -0.15) is 0 Å². The number of anilines is 1. The zero-order chi connectivity index (χ0) is 18.2. The Balaban J connectivity index is 1.84. The number of rotatable bonds is 9. The van der Waals surface area contributed by atoms with Gasteiger partial charge in [-0.05, 0) is 37.5 Å². The fourth-order valence-electron chi connectivity index (χ4n) is 3.35. The molecular weight excluding hydrogens is 312 g/mol. The number of benzene rings is 1. The zero-order valence-corrected chi connectivity index (χ0v) is 15.9. The zero-order valence-electron chi connectivity index (χ0n) is 15.9. The van der Waals surface area contributed by atoms with E-state index in [1.165, 1.54) is 24.8 Å². The van der Waals surface area contributed by atoms with Crippen LogP contribution in [0.4, 0.5) is 5.69 Å². The molecule has 0 saturated carbocycles. The molecule has 1 aliphatic heterocycles. The van der Waals surface area contributed by atoms with Crippen molar-refractivity contribution in [2.24, 2.45) is 5.92 Å². The fraction of sp³-hybridized carbons (Fsp3) is 0.619. The third-order valence-corrected chi connectivity index (χ3v) is 5.03. The normalized spacial score (nSPS) is 18.4. The van der Waals surface area contributed by atoms with E-state index in [1.54, 1.807) is 4.90 Å². The van der Waals surface area contributed by atoms with Crippen molar-refractivity contribution in [3.63, 3.8) is 0 Å². The Labute approximate surface area is 152 Å². The maximum atomic E-state index is 12.5. The van der Waals surface area contributed by atoms with E-state index in [2.05, 4.69) is 26.1 Å². The van der Waals surface area contributed by atoms with Gasteiger partial charge in [-0.15, -0.1) is 0 Å². The van der Waals surface area contributed by atoms with E-state index in [9.17, 15) is 9.59 Å². The van der Waals surface area contributed by atoms with Crippen LogP contribution in [-0.4, -0.2) is 24.4 Å². The monoisotopic (exact) mass is 344 g/mol. The van der Waals surface area contributed by atoms with E-state index >= 15 is 0 Å². The predicted molar refractivity (Wildman–Crippen MR) is 103 cm³/mol. The molecule has 1 N–H and O–H groups in total. The van der Waals surface area contributed by atoms with Crippen LogP contribution < -0.4 is 10.2 Å². The molecule has 1 aromatic carbocycles. The van der Waals surface area contributed by atoms with Gasteiger partial charge in [-0.25, -0.2) is 0 Å². The first-order chi connectivity index (χ1) is 12.0. The molecule has 4 heteroatoms. The molecule has 1 heterocycles. The van der Waals surface area contributed by atoms with E-state index in [0.717, 1.165) is 24.9 Å². The summed E-state index contributed by atoms with van der Waals surface area (Å²) in [6.07, 6.45) is 7.15. The number of nitrogens with zero attached hydrogens (tertiary/aromatic N) is 1. The van der Waals surface area contributed by atoms with Crippen molar-refractivity contribution in [2.75, 3.05) is 11.4 Å². The Kier molecular flexibility index (Phi) is 7.48. The van der Waals surface area contributed by atoms with Gasteiger partial charge in [0.1, 0.15) is 0 Å². The van der Waals surface area contributed by atoms with Crippen LogP contribution in [0, 0.1) is 5.92 Å². The number of hydrogen-bond donors (Lipinski definition) is 1. The van der Waals surface area contributed by atoms with Gasteiger partial charge in [0.25, 0.3) is 0 Å². The Bertz CT molecular complexity index is 568. The lowest BCUT2D eigenvalue weighted by molar-refractivity contribution is -0.126. The molecule has 0 aromatic heterocycles. The van der Waals surface area contributed by atoms with Crippen molar-refractivity contribution in [3.8, 4) is 0 Å². The first kappa shape index (κ1) is 19.5. The van der Waals surface area contributed by atoms with Crippen molar-refractivity contribution in [2.45, 2.75) is 71.8 Å². The van der Waals surface area contributed by atoms with Crippen LogP contribution in [0.5, 0.6) is 0 Å². The standard InChI is InChI=1S/C21H32N2O2/c1-4-6-7-8-9-16(3)22-21(25)18-14-20(24)23(15-18)19-12-10-17(5-2)11-13-19/h10-13,16,18H,4-9,14-15H2,1-3H3,(H,22,25). The maximum Gasteiger partial charge on any atom is 0.227 e. The Morgan fingerprint density at radius 1 is 1.20 bits per heavy atom.